The molecule has 0 saturated heterocycles. The van der Waals surface area contributed by atoms with E-state index in [1.807, 2.05) is 13.0 Å². The fraction of sp³-hybridized carbons (Fsp3) is 0.208. The van der Waals surface area contributed by atoms with Gasteiger partial charge in [-0.05, 0) is 80.4 Å². The van der Waals surface area contributed by atoms with Crippen LogP contribution in [0.15, 0.2) is 65.6 Å². The lowest BCUT2D eigenvalue weighted by molar-refractivity contribution is -0.116. The monoisotopic (exact) mass is 569 g/mol. The van der Waals surface area contributed by atoms with Gasteiger partial charge >= 0.3 is 0 Å². The van der Waals surface area contributed by atoms with Gasteiger partial charge < -0.3 is 5.32 Å². The van der Waals surface area contributed by atoms with Crippen molar-refractivity contribution < 1.29 is 21.6 Å². The van der Waals surface area contributed by atoms with Crippen LogP contribution in [0.4, 0.5) is 17.1 Å². The Morgan fingerprint density at radius 1 is 0.917 bits per heavy atom. The number of amides is 1. The van der Waals surface area contributed by atoms with E-state index in [2.05, 4.69) is 10.0 Å². The number of nitrogens with one attached hydrogen (secondary N) is 2. The molecule has 0 spiro atoms. The van der Waals surface area contributed by atoms with Crippen LogP contribution in [0.1, 0.15) is 18.1 Å². The quantitative estimate of drug-likeness (QED) is 0.387. The molecule has 0 unspecified atom stereocenters. The number of halogens is 2. The van der Waals surface area contributed by atoms with Crippen LogP contribution in [0.2, 0.25) is 10.0 Å². The van der Waals surface area contributed by atoms with Crippen molar-refractivity contribution in [1.82, 2.24) is 0 Å². The molecule has 3 aromatic rings. The third-order valence-electron chi connectivity index (χ3n) is 5.30. The molecule has 1 atom stereocenters. The van der Waals surface area contributed by atoms with Gasteiger partial charge in [0, 0.05) is 10.7 Å². The molecule has 0 saturated carbocycles. The van der Waals surface area contributed by atoms with Gasteiger partial charge in [-0.2, -0.15) is 0 Å². The number of sulfonamides is 2. The highest BCUT2D eigenvalue weighted by molar-refractivity contribution is 7.92. The average molecular weight is 571 g/mol. The highest BCUT2D eigenvalue weighted by Crippen LogP contribution is 2.29. The van der Waals surface area contributed by atoms with Crippen LogP contribution in [-0.2, 0) is 24.8 Å². The topological polar surface area (TPSA) is 113 Å². The van der Waals surface area contributed by atoms with Crippen molar-refractivity contribution in [3.05, 3.63) is 81.8 Å². The molecule has 3 aromatic carbocycles. The molecule has 0 aliphatic carbocycles. The average Bonchev–Trinajstić information content (AvgIpc) is 2.77. The number of hydrogen-bond donors (Lipinski definition) is 2. The SMILES string of the molecule is Cc1ccc(C)c(N([C@@H](C)C(=O)Nc2ccc(S(=O)(=O)Nc3ccc(Cl)cc3Cl)cc2)S(C)(=O)=O)c1. The maximum atomic E-state index is 13.0. The zero-order valence-electron chi connectivity index (χ0n) is 19.9. The first-order valence-corrected chi connectivity index (χ1v) is 14.7. The van der Waals surface area contributed by atoms with E-state index in [1.54, 1.807) is 19.1 Å². The summed E-state index contributed by atoms with van der Waals surface area (Å²) in [4.78, 5) is 12.9. The first kappa shape index (κ1) is 27.8. The van der Waals surface area contributed by atoms with Gasteiger partial charge in [0.1, 0.15) is 6.04 Å². The highest BCUT2D eigenvalue weighted by Gasteiger charge is 2.30. The molecule has 1 amide bonds. The molecule has 0 bridgehead atoms. The zero-order valence-corrected chi connectivity index (χ0v) is 23.1. The van der Waals surface area contributed by atoms with Gasteiger partial charge in [0.05, 0.1) is 27.5 Å². The van der Waals surface area contributed by atoms with E-state index in [-0.39, 0.29) is 15.6 Å². The third kappa shape index (κ3) is 6.50. The second kappa shape index (κ2) is 10.7. The van der Waals surface area contributed by atoms with Crippen LogP contribution >= 0.6 is 23.2 Å². The summed E-state index contributed by atoms with van der Waals surface area (Å²) in [5.74, 6) is -0.581. The van der Waals surface area contributed by atoms with E-state index >= 15 is 0 Å². The molecular formula is C24H25Cl2N3O5S2. The molecule has 8 nitrogen and oxygen atoms in total. The van der Waals surface area contributed by atoms with Gasteiger partial charge in [-0.15, -0.1) is 0 Å². The molecule has 2 N–H and O–H groups in total. The third-order valence-corrected chi connectivity index (χ3v) is 8.45. The minimum absolute atomic E-state index is 0.0623. The Balaban J connectivity index is 1.80. The van der Waals surface area contributed by atoms with Crippen molar-refractivity contribution in [1.29, 1.82) is 0 Å². The molecule has 3 rings (SSSR count). The summed E-state index contributed by atoms with van der Waals surface area (Å²) < 4.78 is 54.1. The number of benzene rings is 3. The minimum Gasteiger partial charge on any atom is -0.324 e. The van der Waals surface area contributed by atoms with Gasteiger partial charge in [0.2, 0.25) is 15.9 Å². The summed E-state index contributed by atoms with van der Waals surface area (Å²) in [5.41, 5.74) is 2.42. The lowest BCUT2D eigenvalue weighted by Crippen LogP contribution is -2.45. The predicted octanol–water partition coefficient (Wildman–Crippen LogP) is 5.20. The molecule has 0 radical (unpaired) electrons. The van der Waals surface area contributed by atoms with Gasteiger partial charge in [-0.1, -0.05) is 35.3 Å². The van der Waals surface area contributed by atoms with Crippen LogP contribution in [-0.4, -0.2) is 35.0 Å². The lowest BCUT2D eigenvalue weighted by atomic mass is 10.1. The maximum Gasteiger partial charge on any atom is 0.261 e. The highest BCUT2D eigenvalue weighted by atomic mass is 35.5. The van der Waals surface area contributed by atoms with E-state index in [1.165, 1.54) is 49.4 Å². The summed E-state index contributed by atoms with van der Waals surface area (Å²) in [6, 6.07) is 14.1. The van der Waals surface area contributed by atoms with Gasteiger partial charge in [-0.3, -0.25) is 13.8 Å². The summed E-state index contributed by atoms with van der Waals surface area (Å²) in [7, 11) is -7.76. The minimum atomic E-state index is -3.97. The summed E-state index contributed by atoms with van der Waals surface area (Å²) >= 11 is 11.9. The fourth-order valence-electron chi connectivity index (χ4n) is 3.48. The summed E-state index contributed by atoms with van der Waals surface area (Å²) in [6.07, 6.45) is 1.04. The fourth-order valence-corrected chi connectivity index (χ4v) is 6.29. The molecule has 0 heterocycles. The van der Waals surface area contributed by atoms with Gasteiger partial charge in [0.15, 0.2) is 0 Å². The molecular weight excluding hydrogens is 545 g/mol. The number of nitrogens with zero attached hydrogens (tertiary/aromatic N) is 1. The Kier molecular flexibility index (Phi) is 8.24. The number of carbonyl (C=O) groups is 1. The van der Waals surface area contributed by atoms with Crippen molar-refractivity contribution in [2.24, 2.45) is 0 Å². The van der Waals surface area contributed by atoms with Gasteiger partial charge in [-0.25, -0.2) is 16.8 Å². The van der Waals surface area contributed by atoms with E-state index in [9.17, 15) is 21.6 Å². The number of anilines is 3. The summed E-state index contributed by atoms with van der Waals surface area (Å²) in [5, 5.41) is 3.15. The Morgan fingerprint density at radius 3 is 2.14 bits per heavy atom. The number of hydrogen-bond acceptors (Lipinski definition) is 5. The molecule has 0 fully saturated rings. The Morgan fingerprint density at radius 2 is 1.56 bits per heavy atom. The van der Waals surface area contributed by atoms with E-state index in [0.29, 0.717) is 22.0 Å². The number of carbonyl (C=O) groups excluding carboxylic acids is 1. The first-order valence-electron chi connectivity index (χ1n) is 10.6. The maximum absolute atomic E-state index is 13.0. The van der Waals surface area contributed by atoms with Crippen LogP contribution in [0.3, 0.4) is 0 Å². The van der Waals surface area contributed by atoms with Crippen molar-refractivity contribution >= 4 is 66.2 Å². The zero-order chi connectivity index (χ0) is 26.8. The van der Waals surface area contributed by atoms with Crippen molar-refractivity contribution in [2.45, 2.75) is 31.7 Å². The van der Waals surface area contributed by atoms with E-state index < -0.39 is 32.0 Å². The smallest absolute Gasteiger partial charge is 0.261 e. The summed E-state index contributed by atoms with van der Waals surface area (Å²) in [6.45, 7) is 5.08. The van der Waals surface area contributed by atoms with E-state index in [4.69, 9.17) is 23.2 Å². The van der Waals surface area contributed by atoms with Crippen molar-refractivity contribution in [3.8, 4) is 0 Å². The Hall–Kier alpha value is -2.79. The van der Waals surface area contributed by atoms with Crippen LogP contribution in [0, 0.1) is 13.8 Å². The molecule has 0 aromatic heterocycles. The Labute approximate surface area is 221 Å². The number of rotatable bonds is 8. The number of aryl methyl sites for hydroxylation is 2. The van der Waals surface area contributed by atoms with Gasteiger partial charge in [0.25, 0.3) is 10.0 Å². The molecule has 192 valence electrons. The largest absolute Gasteiger partial charge is 0.324 e. The van der Waals surface area contributed by atoms with Crippen molar-refractivity contribution in [2.75, 3.05) is 20.6 Å². The van der Waals surface area contributed by atoms with Crippen molar-refractivity contribution in [3.63, 3.8) is 0 Å². The Bertz CT molecular complexity index is 1510. The lowest BCUT2D eigenvalue weighted by Gasteiger charge is -2.29. The molecule has 12 heteroatoms. The molecule has 36 heavy (non-hydrogen) atoms. The first-order chi connectivity index (χ1) is 16.7. The second-order valence-corrected chi connectivity index (χ2v) is 12.7. The van der Waals surface area contributed by atoms with Crippen LogP contribution < -0.4 is 14.3 Å². The van der Waals surface area contributed by atoms with E-state index in [0.717, 1.165) is 16.1 Å². The standard InChI is InChI=1S/C24H25Cl2N3O5S2/c1-15-5-6-16(2)23(13-15)29(35(4,31)32)17(3)24(30)27-19-8-10-20(11-9-19)36(33,34)28-22-12-7-18(25)14-21(22)26/h5-14,17,28H,1-4H3,(H,27,30)/t17-/m0/s1. The molecule has 0 aliphatic heterocycles. The van der Waals surface area contributed by atoms with Crippen LogP contribution in [0.5, 0.6) is 0 Å². The second-order valence-electron chi connectivity index (χ2n) is 8.27. The van der Waals surface area contributed by atoms with Crippen LogP contribution in [0.25, 0.3) is 0 Å². The molecule has 0 aliphatic rings. The normalized spacial score (nSPS) is 12.6. The predicted molar refractivity (Wildman–Crippen MR) is 145 cm³/mol.